The van der Waals surface area contributed by atoms with Gasteiger partial charge in [-0.3, -0.25) is 5.32 Å². The number of carbonyl (C=O) groups is 1. The molecule has 0 atom stereocenters. The van der Waals surface area contributed by atoms with Crippen molar-refractivity contribution in [2.45, 2.75) is 66.6 Å². The summed E-state index contributed by atoms with van der Waals surface area (Å²) in [5.41, 5.74) is 2.41. The average Bonchev–Trinajstić information content (AvgIpc) is 2.96. The minimum absolute atomic E-state index is 0.365. The lowest BCUT2D eigenvalue weighted by molar-refractivity contribution is 0.00578. The van der Waals surface area contributed by atoms with E-state index in [4.69, 9.17) is 14.7 Å². The summed E-state index contributed by atoms with van der Waals surface area (Å²) >= 11 is 0. The Kier molecular flexibility index (Phi) is 7.48. The SMILES string of the molecule is Cc1ccc(NC(=O)N/C(=C/C(=N)C(C)(C)C)Nc2ccccc2)cc1B1OC(C)(C)C(C)(C)O1. The van der Waals surface area contributed by atoms with Crippen LogP contribution in [0.5, 0.6) is 0 Å². The number of allylic oxidation sites excluding steroid dienone is 1. The van der Waals surface area contributed by atoms with Crippen LogP contribution in [-0.4, -0.2) is 30.1 Å². The molecule has 7 nitrogen and oxygen atoms in total. The van der Waals surface area contributed by atoms with Gasteiger partial charge in [-0.1, -0.05) is 50.6 Å². The Morgan fingerprint density at radius 1 is 0.943 bits per heavy atom. The Morgan fingerprint density at radius 3 is 2.11 bits per heavy atom. The molecule has 0 aromatic heterocycles. The number of hydrogen-bond donors (Lipinski definition) is 4. The van der Waals surface area contributed by atoms with Crippen molar-refractivity contribution < 1.29 is 14.1 Å². The average molecular weight is 476 g/mol. The molecule has 1 saturated heterocycles. The minimum atomic E-state index is -0.521. The Labute approximate surface area is 209 Å². The van der Waals surface area contributed by atoms with Gasteiger partial charge < -0.3 is 25.4 Å². The van der Waals surface area contributed by atoms with E-state index in [1.54, 1.807) is 6.08 Å². The highest BCUT2D eigenvalue weighted by atomic mass is 16.7. The largest absolute Gasteiger partial charge is 0.495 e. The second kappa shape index (κ2) is 9.87. The molecule has 0 saturated carbocycles. The van der Waals surface area contributed by atoms with E-state index in [-0.39, 0.29) is 5.41 Å². The number of amides is 2. The van der Waals surface area contributed by atoms with Crippen molar-refractivity contribution in [3.8, 4) is 0 Å². The molecule has 0 bridgehead atoms. The van der Waals surface area contributed by atoms with Gasteiger partial charge in [-0.15, -0.1) is 0 Å². The molecule has 4 N–H and O–H groups in total. The molecule has 0 aliphatic carbocycles. The Morgan fingerprint density at radius 2 is 1.54 bits per heavy atom. The first-order chi connectivity index (χ1) is 16.2. The van der Waals surface area contributed by atoms with Gasteiger partial charge in [0.15, 0.2) is 0 Å². The minimum Gasteiger partial charge on any atom is -0.399 e. The van der Waals surface area contributed by atoms with Gasteiger partial charge in [-0.2, -0.15) is 0 Å². The van der Waals surface area contributed by atoms with Crippen molar-refractivity contribution in [1.29, 1.82) is 5.41 Å². The summed E-state index contributed by atoms with van der Waals surface area (Å²) in [6.45, 7) is 15.9. The van der Waals surface area contributed by atoms with Gasteiger partial charge in [0.05, 0.1) is 11.2 Å². The van der Waals surface area contributed by atoms with Crippen LogP contribution in [0, 0.1) is 17.7 Å². The summed E-state index contributed by atoms with van der Waals surface area (Å²) in [7, 11) is -0.521. The standard InChI is InChI=1S/C27H37BN4O3/c1-18-14-15-20(16-21(18)28-34-26(5,6)27(7,8)35-28)31-24(33)32-23(17-22(29)25(2,3)4)30-19-12-10-9-11-13-19/h9-17,29-30H,1-8H3,(H2,31,32,33)/b23-17+,29-22?. The molecule has 0 spiro atoms. The summed E-state index contributed by atoms with van der Waals surface area (Å²) in [6.07, 6.45) is 1.64. The lowest BCUT2D eigenvalue weighted by Gasteiger charge is -2.32. The zero-order chi connectivity index (χ0) is 26.0. The zero-order valence-corrected chi connectivity index (χ0v) is 22.0. The van der Waals surface area contributed by atoms with Crippen molar-refractivity contribution in [2.75, 3.05) is 10.6 Å². The zero-order valence-electron chi connectivity index (χ0n) is 22.0. The van der Waals surface area contributed by atoms with Gasteiger partial charge in [0.1, 0.15) is 5.82 Å². The molecule has 35 heavy (non-hydrogen) atoms. The second-order valence-electron chi connectivity index (χ2n) is 11.0. The van der Waals surface area contributed by atoms with Crippen molar-refractivity contribution in [3.63, 3.8) is 0 Å². The summed E-state index contributed by atoms with van der Waals surface area (Å²) in [6, 6.07) is 14.7. The molecule has 1 aliphatic heterocycles. The van der Waals surface area contributed by atoms with Gasteiger partial charge in [-0.05, 0) is 64.3 Å². The van der Waals surface area contributed by atoms with E-state index in [0.717, 1.165) is 16.7 Å². The van der Waals surface area contributed by atoms with E-state index in [0.29, 0.717) is 17.2 Å². The number of para-hydroxylation sites is 1. The summed E-state index contributed by atoms with van der Waals surface area (Å²) in [5.74, 6) is 0.409. The predicted molar refractivity (Wildman–Crippen MR) is 144 cm³/mol. The molecule has 3 rings (SSSR count). The fraction of sp³-hybridized carbons (Fsp3) is 0.407. The van der Waals surface area contributed by atoms with Crippen LogP contribution >= 0.6 is 0 Å². The molecule has 8 heteroatoms. The summed E-state index contributed by atoms with van der Waals surface area (Å²) < 4.78 is 12.4. The molecule has 186 valence electrons. The van der Waals surface area contributed by atoms with E-state index in [1.165, 1.54) is 0 Å². The summed E-state index contributed by atoms with van der Waals surface area (Å²) in [4.78, 5) is 12.9. The number of hydrogen-bond acceptors (Lipinski definition) is 5. The van der Waals surface area contributed by atoms with Crippen molar-refractivity contribution in [2.24, 2.45) is 5.41 Å². The highest BCUT2D eigenvalue weighted by molar-refractivity contribution is 6.62. The number of urea groups is 1. The molecule has 0 unspecified atom stereocenters. The number of benzene rings is 2. The van der Waals surface area contributed by atoms with Crippen molar-refractivity contribution in [1.82, 2.24) is 5.32 Å². The quantitative estimate of drug-likeness (QED) is 0.330. The molecule has 1 heterocycles. The molecule has 2 aromatic carbocycles. The van der Waals surface area contributed by atoms with Gasteiger partial charge in [0, 0.05) is 28.6 Å². The van der Waals surface area contributed by atoms with Crippen LogP contribution in [0.4, 0.5) is 16.2 Å². The predicted octanol–water partition coefficient (Wildman–Crippen LogP) is 5.44. The third-order valence-corrected chi connectivity index (χ3v) is 6.44. The number of anilines is 2. The Bertz CT molecular complexity index is 1100. The maximum Gasteiger partial charge on any atom is 0.495 e. The first-order valence-electron chi connectivity index (χ1n) is 11.8. The Balaban J connectivity index is 1.78. The van der Waals surface area contributed by atoms with Crippen LogP contribution in [0.3, 0.4) is 0 Å². The van der Waals surface area contributed by atoms with Crippen LogP contribution in [0.2, 0.25) is 0 Å². The van der Waals surface area contributed by atoms with Gasteiger partial charge >= 0.3 is 13.1 Å². The molecule has 1 aliphatic rings. The topological polar surface area (TPSA) is 95.5 Å². The monoisotopic (exact) mass is 476 g/mol. The smallest absolute Gasteiger partial charge is 0.399 e. The third-order valence-electron chi connectivity index (χ3n) is 6.44. The van der Waals surface area contributed by atoms with E-state index < -0.39 is 24.4 Å². The van der Waals surface area contributed by atoms with Gasteiger partial charge in [0.2, 0.25) is 0 Å². The number of aryl methyl sites for hydroxylation is 1. The van der Waals surface area contributed by atoms with E-state index in [2.05, 4.69) is 16.0 Å². The highest BCUT2D eigenvalue weighted by Gasteiger charge is 2.52. The second-order valence-corrected chi connectivity index (χ2v) is 11.0. The van der Waals surface area contributed by atoms with Crippen LogP contribution in [0.25, 0.3) is 0 Å². The third kappa shape index (κ3) is 6.53. The highest BCUT2D eigenvalue weighted by Crippen LogP contribution is 2.36. The molecular formula is C27H37BN4O3. The molecule has 0 radical (unpaired) electrons. The number of carbonyl (C=O) groups excluding carboxylic acids is 1. The van der Waals surface area contributed by atoms with Crippen LogP contribution in [0.15, 0.2) is 60.4 Å². The van der Waals surface area contributed by atoms with E-state index in [1.807, 2.05) is 104 Å². The van der Waals surface area contributed by atoms with Crippen molar-refractivity contribution in [3.05, 3.63) is 66.0 Å². The first-order valence-corrected chi connectivity index (χ1v) is 11.8. The normalized spacial score (nSPS) is 17.1. The molecule has 2 amide bonds. The number of rotatable bonds is 6. The van der Waals surface area contributed by atoms with Crippen LogP contribution in [-0.2, 0) is 9.31 Å². The van der Waals surface area contributed by atoms with E-state index >= 15 is 0 Å². The lowest BCUT2D eigenvalue weighted by Crippen LogP contribution is -2.41. The fourth-order valence-corrected chi connectivity index (χ4v) is 3.37. The molecule has 1 fully saturated rings. The fourth-order valence-electron chi connectivity index (χ4n) is 3.37. The molecule has 2 aromatic rings. The lowest BCUT2D eigenvalue weighted by atomic mass is 9.76. The van der Waals surface area contributed by atoms with Gasteiger partial charge in [-0.25, -0.2) is 4.79 Å². The summed E-state index contributed by atoms with van der Waals surface area (Å²) in [5, 5.41) is 17.3. The van der Waals surface area contributed by atoms with Gasteiger partial charge in [0.25, 0.3) is 0 Å². The Hall–Kier alpha value is -3.10. The van der Waals surface area contributed by atoms with Crippen LogP contribution < -0.4 is 21.4 Å². The number of nitrogens with one attached hydrogen (secondary N) is 4. The maximum absolute atomic E-state index is 12.9. The van der Waals surface area contributed by atoms with Crippen molar-refractivity contribution >= 4 is 35.7 Å². The van der Waals surface area contributed by atoms with Crippen LogP contribution in [0.1, 0.15) is 54.0 Å². The van der Waals surface area contributed by atoms with E-state index in [9.17, 15) is 4.79 Å². The first kappa shape index (κ1) is 26.5. The maximum atomic E-state index is 12.9. The molecular weight excluding hydrogens is 439 g/mol.